The van der Waals surface area contributed by atoms with Crippen LogP contribution in [-0.2, 0) is 14.3 Å². The highest BCUT2D eigenvalue weighted by atomic mass is 19.4. The van der Waals surface area contributed by atoms with Crippen LogP contribution < -0.4 is 5.32 Å². The van der Waals surface area contributed by atoms with Crippen molar-refractivity contribution in [1.29, 1.82) is 0 Å². The van der Waals surface area contributed by atoms with Crippen molar-refractivity contribution >= 4 is 11.9 Å². The number of hydrogen-bond donors (Lipinski definition) is 2. The Bertz CT molecular complexity index is 520. The molecule has 0 heterocycles. The molecule has 0 unspecified atom stereocenters. The van der Waals surface area contributed by atoms with Crippen LogP contribution in [0.15, 0.2) is 0 Å². The van der Waals surface area contributed by atoms with Crippen LogP contribution in [0.4, 0.5) is 13.2 Å². The molecule has 0 spiro atoms. The predicted octanol–water partition coefficient (Wildman–Crippen LogP) is 1.93. The van der Waals surface area contributed by atoms with Gasteiger partial charge in [0.1, 0.15) is 6.54 Å². The number of aliphatic hydroxyl groups is 1. The van der Waals surface area contributed by atoms with E-state index in [1.54, 1.807) is 5.32 Å². The molecule has 4 saturated carbocycles. The summed E-state index contributed by atoms with van der Waals surface area (Å²) < 4.78 is 40.8. The lowest BCUT2D eigenvalue weighted by atomic mass is 9.47. The van der Waals surface area contributed by atoms with E-state index in [1.165, 1.54) is 0 Å². The number of alkyl halides is 3. The number of esters is 1. The van der Waals surface area contributed by atoms with E-state index in [-0.39, 0.29) is 11.8 Å². The Morgan fingerprint density at radius 1 is 1.17 bits per heavy atom. The summed E-state index contributed by atoms with van der Waals surface area (Å²) >= 11 is 0. The SMILES string of the molecule is O=C(COC(=O)CC12C[C@@H]3C[C@H](CC(O)(C3)C1)C2)NCC(F)(F)F. The van der Waals surface area contributed by atoms with Crippen molar-refractivity contribution in [2.75, 3.05) is 13.2 Å². The monoisotopic (exact) mass is 349 g/mol. The maximum absolute atomic E-state index is 12.0. The molecular weight excluding hydrogens is 327 g/mol. The highest BCUT2D eigenvalue weighted by Gasteiger charge is 2.57. The molecule has 8 heteroatoms. The number of rotatable bonds is 5. The summed E-state index contributed by atoms with van der Waals surface area (Å²) in [6.07, 6.45) is 0.632. The highest BCUT2D eigenvalue weighted by molar-refractivity contribution is 5.80. The van der Waals surface area contributed by atoms with Gasteiger partial charge in [0.05, 0.1) is 12.0 Å². The van der Waals surface area contributed by atoms with Crippen molar-refractivity contribution in [1.82, 2.24) is 5.32 Å². The Morgan fingerprint density at radius 3 is 2.33 bits per heavy atom. The van der Waals surface area contributed by atoms with Crippen LogP contribution in [0.25, 0.3) is 0 Å². The summed E-state index contributed by atoms with van der Waals surface area (Å²) in [4.78, 5) is 23.3. The molecule has 4 aliphatic rings. The zero-order valence-electron chi connectivity index (χ0n) is 13.3. The largest absolute Gasteiger partial charge is 0.456 e. The standard InChI is InChI=1S/C16H22F3NO4/c17-16(18,19)9-20-12(21)7-24-13(22)6-14-2-10-1-11(3-14)5-15(23,4-10)8-14/h10-11,23H,1-9H2,(H,20,21)/t10-,11-,14?,15?/m0/s1. The number of amides is 1. The van der Waals surface area contributed by atoms with Crippen molar-refractivity contribution in [3.05, 3.63) is 0 Å². The highest BCUT2D eigenvalue weighted by Crippen LogP contribution is 2.62. The zero-order valence-corrected chi connectivity index (χ0v) is 13.3. The van der Waals surface area contributed by atoms with Gasteiger partial charge in [-0.25, -0.2) is 0 Å². The van der Waals surface area contributed by atoms with E-state index in [4.69, 9.17) is 4.74 Å². The number of halogens is 3. The fourth-order valence-electron chi connectivity index (χ4n) is 5.36. The molecule has 1 amide bonds. The van der Waals surface area contributed by atoms with Crippen LogP contribution in [0.1, 0.15) is 44.9 Å². The topological polar surface area (TPSA) is 75.6 Å². The van der Waals surface area contributed by atoms with Crippen LogP contribution in [0.5, 0.6) is 0 Å². The van der Waals surface area contributed by atoms with Gasteiger partial charge in [-0.2, -0.15) is 13.2 Å². The van der Waals surface area contributed by atoms with E-state index >= 15 is 0 Å². The van der Waals surface area contributed by atoms with E-state index in [9.17, 15) is 27.9 Å². The summed E-state index contributed by atoms with van der Waals surface area (Å²) in [6.45, 7) is -2.15. The first-order chi connectivity index (χ1) is 11.1. The van der Waals surface area contributed by atoms with Gasteiger partial charge in [0, 0.05) is 0 Å². The quantitative estimate of drug-likeness (QED) is 0.744. The predicted molar refractivity (Wildman–Crippen MR) is 76.7 cm³/mol. The lowest BCUT2D eigenvalue weighted by molar-refractivity contribution is -0.177. The van der Waals surface area contributed by atoms with Crippen LogP contribution in [0.2, 0.25) is 0 Å². The van der Waals surface area contributed by atoms with E-state index in [2.05, 4.69) is 0 Å². The summed E-state index contributed by atoms with van der Waals surface area (Å²) in [5.74, 6) is -0.689. The second-order valence-corrected chi connectivity index (χ2v) is 7.91. The Hall–Kier alpha value is -1.31. The average molecular weight is 349 g/mol. The van der Waals surface area contributed by atoms with Gasteiger partial charge in [-0.1, -0.05) is 0 Å². The molecule has 0 aromatic heterocycles. The molecule has 0 aliphatic heterocycles. The van der Waals surface area contributed by atoms with Crippen LogP contribution in [-0.4, -0.2) is 41.9 Å². The van der Waals surface area contributed by atoms with Crippen molar-refractivity contribution in [3.8, 4) is 0 Å². The van der Waals surface area contributed by atoms with Crippen molar-refractivity contribution in [2.45, 2.75) is 56.7 Å². The minimum Gasteiger partial charge on any atom is -0.456 e. The van der Waals surface area contributed by atoms with Gasteiger partial charge in [-0.15, -0.1) is 0 Å². The molecule has 4 fully saturated rings. The Balaban J connectivity index is 1.48. The molecule has 0 aromatic rings. The molecular formula is C16H22F3NO4. The van der Waals surface area contributed by atoms with E-state index in [0.717, 1.165) is 32.1 Å². The molecule has 5 nitrogen and oxygen atoms in total. The third-order valence-electron chi connectivity index (χ3n) is 5.52. The number of carbonyl (C=O) groups excluding carboxylic acids is 2. The Morgan fingerprint density at radius 2 is 1.79 bits per heavy atom. The van der Waals surface area contributed by atoms with Crippen LogP contribution >= 0.6 is 0 Å². The first-order valence-electron chi connectivity index (χ1n) is 8.28. The Kier molecular flexibility index (Phi) is 4.30. The van der Waals surface area contributed by atoms with Crippen molar-refractivity contribution < 1.29 is 32.6 Å². The minimum absolute atomic E-state index is 0.120. The van der Waals surface area contributed by atoms with Crippen molar-refractivity contribution in [3.63, 3.8) is 0 Å². The van der Waals surface area contributed by atoms with E-state index in [0.29, 0.717) is 18.3 Å². The minimum atomic E-state index is -4.49. The molecule has 4 aliphatic carbocycles. The molecule has 136 valence electrons. The zero-order chi connectivity index (χ0) is 17.6. The molecule has 24 heavy (non-hydrogen) atoms. The second-order valence-electron chi connectivity index (χ2n) is 7.91. The lowest BCUT2D eigenvalue weighted by Crippen LogP contribution is -2.56. The molecule has 2 N–H and O–H groups in total. The number of ether oxygens (including phenoxy) is 1. The maximum atomic E-state index is 12.0. The first kappa shape index (κ1) is 17.5. The fourth-order valence-corrected chi connectivity index (χ4v) is 5.36. The first-order valence-corrected chi connectivity index (χ1v) is 8.28. The van der Waals surface area contributed by atoms with Gasteiger partial charge < -0.3 is 15.2 Å². The molecule has 0 radical (unpaired) electrons. The molecule has 4 rings (SSSR count). The third kappa shape index (κ3) is 4.02. The van der Waals surface area contributed by atoms with Crippen LogP contribution in [0, 0.1) is 17.3 Å². The van der Waals surface area contributed by atoms with Gasteiger partial charge >= 0.3 is 12.1 Å². The number of carbonyl (C=O) groups is 2. The second kappa shape index (κ2) is 5.89. The molecule has 0 saturated heterocycles. The van der Waals surface area contributed by atoms with Gasteiger partial charge in [0.15, 0.2) is 6.61 Å². The van der Waals surface area contributed by atoms with E-state index in [1.807, 2.05) is 0 Å². The summed E-state index contributed by atoms with van der Waals surface area (Å²) in [7, 11) is 0. The third-order valence-corrected chi connectivity index (χ3v) is 5.52. The lowest BCUT2D eigenvalue weighted by Gasteiger charge is -2.60. The van der Waals surface area contributed by atoms with E-state index < -0.39 is 36.8 Å². The molecule has 2 atom stereocenters. The normalized spacial score (nSPS) is 37.3. The summed E-state index contributed by atoms with van der Waals surface area (Å²) in [5, 5.41) is 12.3. The number of hydrogen-bond acceptors (Lipinski definition) is 4. The molecule has 4 bridgehead atoms. The smallest absolute Gasteiger partial charge is 0.405 e. The average Bonchev–Trinajstić information content (AvgIpc) is 2.38. The van der Waals surface area contributed by atoms with Gasteiger partial charge in [-0.3, -0.25) is 9.59 Å². The van der Waals surface area contributed by atoms with Gasteiger partial charge in [-0.05, 0) is 55.8 Å². The van der Waals surface area contributed by atoms with Crippen LogP contribution in [0.3, 0.4) is 0 Å². The summed E-state index contributed by atoms with van der Waals surface area (Å²) in [5.41, 5.74) is -0.965. The summed E-state index contributed by atoms with van der Waals surface area (Å²) in [6, 6.07) is 0. The van der Waals surface area contributed by atoms with Gasteiger partial charge in [0.2, 0.25) is 0 Å². The van der Waals surface area contributed by atoms with Gasteiger partial charge in [0.25, 0.3) is 5.91 Å². The number of nitrogens with one attached hydrogen (secondary N) is 1. The fraction of sp³-hybridized carbons (Fsp3) is 0.875. The molecule has 0 aromatic carbocycles. The maximum Gasteiger partial charge on any atom is 0.405 e. The van der Waals surface area contributed by atoms with Crippen molar-refractivity contribution in [2.24, 2.45) is 17.3 Å². The Labute approximate surface area is 137 Å².